The fourth-order valence-electron chi connectivity index (χ4n) is 2.95. The third kappa shape index (κ3) is 5.27. The number of benzene rings is 2. The maximum atomic E-state index is 13.4. The molecule has 5 nitrogen and oxygen atoms in total. The summed E-state index contributed by atoms with van der Waals surface area (Å²) in [5, 5.41) is 9.78. The summed E-state index contributed by atoms with van der Waals surface area (Å²) in [6.45, 7) is 2.24. The molecule has 1 atom stereocenters. The minimum Gasteiger partial charge on any atom is -0.400 e. The molecule has 2 aromatic carbocycles. The van der Waals surface area contributed by atoms with Gasteiger partial charge in [0.25, 0.3) is 0 Å². The molecule has 1 unspecified atom stereocenters. The molecule has 0 amide bonds. The third-order valence-corrected chi connectivity index (χ3v) is 4.54. The molecule has 2 aromatic rings. The van der Waals surface area contributed by atoms with E-state index < -0.39 is 5.92 Å². The second kappa shape index (κ2) is 10.4. The number of para-hydroxylation sites is 1. The van der Waals surface area contributed by atoms with Crippen molar-refractivity contribution in [1.82, 2.24) is 4.90 Å². The number of carbonyl (C=O) groups is 1. The normalized spacial score (nSPS) is 13.6. The SMILES string of the molecule is CCN(C)C(=Nc1ccccc1)/C(=C(\N)CO)C(CC=O)c1ccc(F)cc1. The summed E-state index contributed by atoms with van der Waals surface area (Å²) in [5.41, 5.74) is 8.44. The van der Waals surface area contributed by atoms with Crippen molar-refractivity contribution in [2.75, 3.05) is 20.2 Å². The van der Waals surface area contributed by atoms with Crippen molar-refractivity contribution >= 4 is 17.8 Å². The Bertz CT molecular complexity index is 833. The van der Waals surface area contributed by atoms with Gasteiger partial charge in [0.2, 0.25) is 0 Å². The van der Waals surface area contributed by atoms with Gasteiger partial charge in [0, 0.05) is 37.2 Å². The number of amidine groups is 1. The zero-order chi connectivity index (χ0) is 20.5. The van der Waals surface area contributed by atoms with Crippen molar-refractivity contribution in [2.24, 2.45) is 10.7 Å². The lowest BCUT2D eigenvalue weighted by Gasteiger charge is -2.28. The fraction of sp³-hybridized carbons (Fsp3) is 0.273. The lowest BCUT2D eigenvalue weighted by Crippen LogP contribution is -2.33. The number of aliphatic hydroxyl groups is 1. The number of carbonyl (C=O) groups excluding carboxylic acids is 1. The maximum absolute atomic E-state index is 13.4. The third-order valence-electron chi connectivity index (χ3n) is 4.54. The highest BCUT2D eigenvalue weighted by atomic mass is 19.1. The van der Waals surface area contributed by atoms with Crippen LogP contribution in [0.5, 0.6) is 0 Å². The fourth-order valence-corrected chi connectivity index (χ4v) is 2.95. The zero-order valence-corrected chi connectivity index (χ0v) is 16.2. The molecule has 0 aromatic heterocycles. The first-order valence-corrected chi connectivity index (χ1v) is 9.15. The minimum atomic E-state index is -0.457. The lowest BCUT2D eigenvalue weighted by molar-refractivity contribution is -0.108. The number of likely N-dealkylation sites (N-methyl/N-ethyl adjacent to an activating group) is 1. The molecule has 6 heteroatoms. The van der Waals surface area contributed by atoms with Gasteiger partial charge in [-0.05, 0) is 36.8 Å². The Kier molecular flexibility index (Phi) is 7.89. The highest BCUT2D eigenvalue weighted by Crippen LogP contribution is 2.31. The topological polar surface area (TPSA) is 78.9 Å². The Hall–Kier alpha value is -2.99. The van der Waals surface area contributed by atoms with Gasteiger partial charge in [-0.15, -0.1) is 0 Å². The highest BCUT2D eigenvalue weighted by Gasteiger charge is 2.26. The number of hydrogen-bond acceptors (Lipinski definition) is 4. The van der Waals surface area contributed by atoms with E-state index in [4.69, 9.17) is 10.7 Å². The van der Waals surface area contributed by atoms with Gasteiger partial charge in [-0.3, -0.25) is 0 Å². The Morgan fingerprint density at radius 3 is 2.39 bits per heavy atom. The number of aldehydes is 1. The van der Waals surface area contributed by atoms with Crippen molar-refractivity contribution in [3.63, 3.8) is 0 Å². The number of rotatable bonds is 8. The number of aliphatic hydroxyl groups excluding tert-OH is 1. The van der Waals surface area contributed by atoms with Crippen LogP contribution in [0.25, 0.3) is 0 Å². The molecule has 0 aliphatic carbocycles. The van der Waals surface area contributed by atoms with Crippen LogP contribution in [0.3, 0.4) is 0 Å². The van der Waals surface area contributed by atoms with E-state index in [0.717, 1.165) is 17.5 Å². The summed E-state index contributed by atoms with van der Waals surface area (Å²) in [6, 6.07) is 15.3. The number of halogens is 1. The molecular weight excluding hydrogens is 357 g/mol. The quantitative estimate of drug-likeness (QED) is 0.416. The second-order valence-corrected chi connectivity index (χ2v) is 6.39. The van der Waals surface area contributed by atoms with E-state index in [1.165, 1.54) is 12.1 Å². The van der Waals surface area contributed by atoms with Crippen molar-refractivity contribution in [3.05, 3.63) is 77.2 Å². The van der Waals surface area contributed by atoms with Gasteiger partial charge in [-0.1, -0.05) is 30.3 Å². The van der Waals surface area contributed by atoms with Crippen molar-refractivity contribution < 1.29 is 14.3 Å². The number of hydrogen-bond donors (Lipinski definition) is 2. The first-order chi connectivity index (χ1) is 13.5. The van der Waals surface area contributed by atoms with Crippen LogP contribution in [0.15, 0.2) is 70.9 Å². The van der Waals surface area contributed by atoms with Gasteiger partial charge in [-0.2, -0.15) is 0 Å². The summed E-state index contributed by atoms with van der Waals surface area (Å²) >= 11 is 0. The van der Waals surface area contributed by atoms with Gasteiger partial charge in [0.05, 0.1) is 12.3 Å². The van der Waals surface area contributed by atoms with Crippen molar-refractivity contribution in [3.8, 4) is 0 Å². The molecule has 28 heavy (non-hydrogen) atoms. The summed E-state index contributed by atoms with van der Waals surface area (Å²) in [5.74, 6) is -0.253. The molecule has 0 saturated heterocycles. The van der Waals surface area contributed by atoms with Crippen LogP contribution in [0.1, 0.15) is 24.8 Å². The van der Waals surface area contributed by atoms with Crippen molar-refractivity contribution in [2.45, 2.75) is 19.3 Å². The molecule has 0 saturated carbocycles. The zero-order valence-electron chi connectivity index (χ0n) is 16.2. The molecule has 0 aliphatic rings. The second-order valence-electron chi connectivity index (χ2n) is 6.39. The van der Waals surface area contributed by atoms with Crippen LogP contribution in [-0.2, 0) is 4.79 Å². The number of nitrogens with two attached hydrogens (primary N) is 1. The van der Waals surface area contributed by atoms with E-state index >= 15 is 0 Å². The Morgan fingerprint density at radius 1 is 1.21 bits per heavy atom. The highest BCUT2D eigenvalue weighted by molar-refractivity contribution is 6.02. The molecule has 3 N–H and O–H groups in total. The minimum absolute atomic E-state index is 0.132. The number of nitrogens with zero attached hydrogens (tertiary/aromatic N) is 2. The van der Waals surface area contributed by atoms with Gasteiger partial charge >= 0.3 is 0 Å². The first kappa shape index (κ1) is 21.3. The number of aliphatic imine (C=N–C) groups is 1. The van der Waals surface area contributed by atoms with Crippen LogP contribution in [0.4, 0.5) is 10.1 Å². The first-order valence-electron chi connectivity index (χ1n) is 9.15. The standard InChI is InChI=1S/C22H26FN3O2/c1-3-26(2)22(25-18-7-5-4-6-8-18)21(20(24)15-28)19(13-14-27)16-9-11-17(23)12-10-16/h4-12,14,19,28H,3,13,15,24H2,1-2H3/b21-20-,25-22?. The molecule has 0 spiro atoms. The molecule has 0 radical (unpaired) electrons. The Balaban J connectivity index is 2.67. The molecule has 2 rings (SSSR count). The molecular formula is C22H26FN3O2. The monoisotopic (exact) mass is 383 g/mol. The van der Waals surface area contributed by atoms with E-state index in [2.05, 4.69) is 0 Å². The summed E-state index contributed by atoms with van der Waals surface area (Å²) in [7, 11) is 1.87. The summed E-state index contributed by atoms with van der Waals surface area (Å²) < 4.78 is 13.4. The Morgan fingerprint density at radius 2 is 1.86 bits per heavy atom. The molecule has 148 valence electrons. The van der Waals surface area contributed by atoms with Crippen LogP contribution < -0.4 is 5.73 Å². The van der Waals surface area contributed by atoms with Crippen LogP contribution in [-0.4, -0.2) is 42.3 Å². The van der Waals surface area contributed by atoms with Crippen molar-refractivity contribution in [1.29, 1.82) is 0 Å². The van der Waals surface area contributed by atoms with Gasteiger partial charge in [-0.25, -0.2) is 9.38 Å². The van der Waals surface area contributed by atoms with Gasteiger partial charge in [0.1, 0.15) is 17.9 Å². The maximum Gasteiger partial charge on any atom is 0.134 e. The Labute approximate surface area is 165 Å². The van der Waals surface area contributed by atoms with E-state index in [-0.39, 0.29) is 24.5 Å². The van der Waals surface area contributed by atoms with Gasteiger partial charge < -0.3 is 20.5 Å². The predicted octanol–water partition coefficient (Wildman–Crippen LogP) is 3.39. The van der Waals surface area contributed by atoms with E-state index in [9.17, 15) is 14.3 Å². The van der Waals surface area contributed by atoms with E-state index in [1.807, 2.05) is 49.2 Å². The summed E-state index contributed by atoms with van der Waals surface area (Å²) in [6.07, 6.45) is 0.928. The average Bonchev–Trinajstić information content (AvgIpc) is 2.73. The summed E-state index contributed by atoms with van der Waals surface area (Å²) in [4.78, 5) is 18.1. The molecule has 0 bridgehead atoms. The van der Waals surface area contributed by atoms with Crippen LogP contribution >= 0.6 is 0 Å². The smallest absolute Gasteiger partial charge is 0.134 e. The van der Waals surface area contributed by atoms with E-state index in [0.29, 0.717) is 18.0 Å². The lowest BCUT2D eigenvalue weighted by atomic mass is 9.86. The predicted molar refractivity (Wildman–Crippen MR) is 110 cm³/mol. The van der Waals surface area contributed by atoms with Gasteiger partial charge in [0.15, 0.2) is 0 Å². The largest absolute Gasteiger partial charge is 0.400 e. The van der Waals surface area contributed by atoms with E-state index in [1.54, 1.807) is 12.1 Å². The molecule has 0 aliphatic heterocycles. The average molecular weight is 383 g/mol. The molecule has 0 heterocycles. The van der Waals surface area contributed by atoms with Crippen LogP contribution in [0.2, 0.25) is 0 Å². The van der Waals surface area contributed by atoms with Crippen LogP contribution in [0, 0.1) is 5.82 Å². The molecule has 0 fully saturated rings.